The molecule has 0 radical (unpaired) electrons. The van der Waals surface area contributed by atoms with E-state index in [1.54, 1.807) is 28.8 Å². The average molecular weight is 387 g/mol. The number of carbonyl (C=O) groups excluding carboxylic acids is 1. The third-order valence-corrected chi connectivity index (χ3v) is 7.62. The number of amides is 1. The Hall–Kier alpha value is -1.22. The molecule has 1 amide bonds. The van der Waals surface area contributed by atoms with E-state index < -0.39 is 10.0 Å². The molecule has 0 aliphatic rings. The number of hydrogen-bond acceptors (Lipinski definition) is 5. The highest BCUT2D eigenvalue weighted by molar-refractivity contribution is 7.91. The molecular weight excluding hydrogens is 364 g/mol. The Morgan fingerprint density at radius 3 is 2.42 bits per heavy atom. The fourth-order valence-electron chi connectivity index (χ4n) is 2.30. The third-order valence-electron chi connectivity index (χ3n) is 3.45. The second-order valence-electron chi connectivity index (χ2n) is 5.96. The van der Waals surface area contributed by atoms with Gasteiger partial charge in [-0.25, -0.2) is 8.42 Å². The monoisotopic (exact) mass is 386 g/mol. The maximum Gasteiger partial charge on any atom is 0.252 e. The highest BCUT2D eigenvalue weighted by atomic mass is 32.2. The van der Waals surface area contributed by atoms with Gasteiger partial charge in [0, 0.05) is 11.9 Å². The van der Waals surface area contributed by atoms with Gasteiger partial charge >= 0.3 is 0 Å². The minimum Gasteiger partial charge on any atom is -0.347 e. The Bertz CT molecular complexity index is 738. The molecule has 1 atom stereocenters. The van der Waals surface area contributed by atoms with Crippen LogP contribution in [0.25, 0.3) is 0 Å². The van der Waals surface area contributed by atoms with Crippen molar-refractivity contribution in [3.63, 3.8) is 0 Å². The maximum atomic E-state index is 12.4. The summed E-state index contributed by atoms with van der Waals surface area (Å²) in [5.74, 6) is 0.127. The van der Waals surface area contributed by atoms with Crippen LogP contribution in [0.2, 0.25) is 0 Å². The fourth-order valence-corrected chi connectivity index (χ4v) is 5.42. The van der Waals surface area contributed by atoms with E-state index in [4.69, 9.17) is 0 Å². The van der Waals surface area contributed by atoms with Gasteiger partial charge < -0.3 is 5.32 Å². The summed E-state index contributed by atoms with van der Waals surface area (Å²) in [6.45, 7) is 4.00. The van der Waals surface area contributed by atoms with Gasteiger partial charge in [0.25, 0.3) is 10.0 Å². The number of likely N-dealkylation sites (N-methyl/N-ethyl adjacent to an activating group) is 1. The average Bonchev–Trinajstić information content (AvgIpc) is 3.19. The van der Waals surface area contributed by atoms with E-state index in [1.165, 1.54) is 7.05 Å². The van der Waals surface area contributed by atoms with E-state index in [9.17, 15) is 13.2 Å². The lowest BCUT2D eigenvalue weighted by atomic mass is 10.0. The maximum absolute atomic E-state index is 12.4. The van der Waals surface area contributed by atoms with Crippen molar-refractivity contribution in [2.45, 2.75) is 30.5 Å². The van der Waals surface area contributed by atoms with Crippen molar-refractivity contribution in [1.29, 1.82) is 0 Å². The van der Waals surface area contributed by atoms with Gasteiger partial charge in [-0.1, -0.05) is 26.0 Å². The van der Waals surface area contributed by atoms with Crippen molar-refractivity contribution in [3.8, 4) is 0 Å². The Morgan fingerprint density at radius 1 is 1.21 bits per heavy atom. The SMILES string of the molecule is CC(C)CC(NC(=O)CN(C)S(=O)(=O)c1cccs1)c1cccs1. The molecule has 0 aliphatic carbocycles. The summed E-state index contributed by atoms with van der Waals surface area (Å²) in [7, 11) is -2.18. The largest absolute Gasteiger partial charge is 0.347 e. The van der Waals surface area contributed by atoms with Crippen molar-refractivity contribution in [3.05, 3.63) is 39.9 Å². The Balaban J connectivity index is 2.03. The zero-order valence-electron chi connectivity index (χ0n) is 13.9. The van der Waals surface area contributed by atoms with Crippen molar-refractivity contribution in [2.24, 2.45) is 5.92 Å². The molecule has 0 spiro atoms. The first kappa shape index (κ1) is 19.1. The van der Waals surface area contributed by atoms with Crippen LogP contribution in [0, 0.1) is 5.92 Å². The molecule has 1 unspecified atom stereocenters. The third kappa shape index (κ3) is 4.89. The predicted molar refractivity (Wildman–Crippen MR) is 98.8 cm³/mol. The van der Waals surface area contributed by atoms with Gasteiger partial charge in [-0.15, -0.1) is 22.7 Å². The van der Waals surface area contributed by atoms with Gasteiger partial charge in [-0.2, -0.15) is 4.31 Å². The van der Waals surface area contributed by atoms with Gasteiger partial charge in [0.05, 0.1) is 12.6 Å². The van der Waals surface area contributed by atoms with Crippen LogP contribution < -0.4 is 5.32 Å². The number of rotatable bonds is 8. The quantitative estimate of drug-likeness (QED) is 0.757. The summed E-state index contributed by atoms with van der Waals surface area (Å²) in [5, 5.41) is 6.65. The van der Waals surface area contributed by atoms with E-state index in [-0.39, 0.29) is 22.7 Å². The molecule has 2 aromatic heterocycles. The Morgan fingerprint density at radius 2 is 1.88 bits per heavy atom. The van der Waals surface area contributed by atoms with Gasteiger partial charge in [-0.3, -0.25) is 4.79 Å². The first-order chi connectivity index (χ1) is 11.3. The number of carbonyl (C=O) groups is 1. The number of nitrogens with zero attached hydrogens (tertiary/aromatic N) is 1. The molecule has 0 saturated heterocycles. The van der Waals surface area contributed by atoms with E-state index in [1.807, 2.05) is 17.5 Å². The zero-order chi connectivity index (χ0) is 17.7. The van der Waals surface area contributed by atoms with E-state index in [0.717, 1.165) is 26.9 Å². The van der Waals surface area contributed by atoms with Crippen LogP contribution >= 0.6 is 22.7 Å². The van der Waals surface area contributed by atoms with Crippen LogP contribution in [-0.4, -0.2) is 32.2 Å². The number of sulfonamides is 1. The molecule has 0 aromatic carbocycles. The second-order valence-corrected chi connectivity index (χ2v) is 10.2. The smallest absolute Gasteiger partial charge is 0.252 e. The summed E-state index contributed by atoms with van der Waals surface area (Å²) in [4.78, 5) is 13.4. The fraction of sp³-hybridized carbons (Fsp3) is 0.438. The number of hydrogen-bond donors (Lipinski definition) is 1. The first-order valence-corrected chi connectivity index (χ1v) is 10.8. The lowest BCUT2D eigenvalue weighted by molar-refractivity contribution is -0.121. The lowest BCUT2D eigenvalue weighted by Crippen LogP contribution is -2.39. The molecular formula is C16H22N2O3S3. The number of thiophene rings is 2. The number of nitrogens with one attached hydrogen (secondary N) is 1. The molecule has 24 heavy (non-hydrogen) atoms. The highest BCUT2D eigenvalue weighted by Crippen LogP contribution is 2.25. The molecule has 0 saturated carbocycles. The molecule has 0 fully saturated rings. The van der Waals surface area contributed by atoms with Crippen LogP contribution in [0.15, 0.2) is 39.2 Å². The van der Waals surface area contributed by atoms with E-state index in [2.05, 4.69) is 19.2 Å². The summed E-state index contributed by atoms with van der Waals surface area (Å²) in [5.41, 5.74) is 0. The van der Waals surface area contributed by atoms with Crippen LogP contribution in [-0.2, 0) is 14.8 Å². The van der Waals surface area contributed by atoms with Crippen molar-refractivity contribution in [2.75, 3.05) is 13.6 Å². The second kappa shape index (κ2) is 8.24. The van der Waals surface area contributed by atoms with Gasteiger partial charge in [0.15, 0.2) is 0 Å². The van der Waals surface area contributed by atoms with E-state index >= 15 is 0 Å². The molecule has 1 N–H and O–H groups in total. The summed E-state index contributed by atoms with van der Waals surface area (Å²) >= 11 is 2.74. The molecule has 2 heterocycles. The summed E-state index contributed by atoms with van der Waals surface area (Å²) < 4.78 is 26.1. The van der Waals surface area contributed by atoms with Crippen molar-refractivity contribution >= 4 is 38.6 Å². The van der Waals surface area contributed by atoms with Crippen LogP contribution in [0.1, 0.15) is 31.2 Å². The van der Waals surface area contributed by atoms with Gasteiger partial charge in [0.2, 0.25) is 5.91 Å². The zero-order valence-corrected chi connectivity index (χ0v) is 16.4. The van der Waals surface area contributed by atoms with Gasteiger partial charge in [0.1, 0.15) is 4.21 Å². The molecule has 0 aliphatic heterocycles. The minimum absolute atomic E-state index is 0.0876. The standard InChI is InChI=1S/C16H22N2O3S3/c1-12(2)10-13(14-6-4-8-22-14)17-15(19)11-18(3)24(20,21)16-7-5-9-23-16/h4-9,12-13H,10-11H2,1-3H3,(H,17,19). The Labute approximate surface area is 151 Å². The Kier molecular flexibility index (Phi) is 6.56. The van der Waals surface area contributed by atoms with Gasteiger partial charge in [-0.05, 0) is 35.2 Å². The minimum atomic E-state index is -3.61. The first-order valence-electron chi connectivity index (χ1n) is 7.63. The molecule has 8 heteroatoms. The van der Waals surface area contributed by atoms with Crippen molar-refractivity contribution in [1.82, 2.24) is 9.62 Å². The summed E-state index contributed by atoms with van der Waals surface area (Å²) in [6, 6.07) is 7.08. The highest BCUT2D eigenvalue weighted by Gasteiger charge is 2.25. The lowest BCUT2D eigenvalue weighted by Gasteiger charge is -2.21. The molecule has 0 bridgehead atoms. The van der Waals surface area contributed by atoms with E-state index in [0.29, 0.717) is 5.92 Å². The van der Waals surface area contributed by atoms with Crippen LogP contribution in [0.3, 0.4) is 0 Å². The van der Waals surface area contributed by atoms with Crippen LogP contribution in [0.4, 0.5) is 0 Å². The predicted octanol–water partition coefficient (Wildman–Crippen LogP) is 3.33. The van der Waals surface area contributed by atoms with Crippen LogP contribution in [0.5, 0.6) is 0 Å². The molecule has 5 nitrogen and oxygen atoms in total. The normalized spacial score (nSPS) is 13.4. The molecule has 132 valence electrons. The molecule has 2 aromatic rings. The van der Waals surface area contributed by atoms with Crippen molar-refractivity contribution < 1.29 is 13.2 Å². The topological polar surface area (TPSA) is 66.5 Å². The molecule has 2 rings (SSSR count). The summed E-state index contributed by atoms with van der Waals surface area (Å²) in [6.07, 6.45) is 0.813.